The fourth-order valence-electron chi connectivity index (χ4n) is 2.20. The van der Waals surface area contributed by atoms with Gasteiger partial charge in [-0.15, -0.1) is 0 Å². The van der Waals surface area contributed by atoms with Gasteiger partial charge in [0.2, 0.25) is 0 Å². The molecule has 21 heavy (non-hydrogen) atoms. The zero-order valence-corrected chi connectivity index (χ0v) is 12.0. The largest absolute Gasteiger partial charge is 0.484 e. The zero-order valence-electron chi connectivity index (χ0n) is 12.0. The fourth-order valence-corrected chi connectivity index (χ4v) is 2.20. The molecule has 2 rings (SSSR count). The molecule has 1 aliphatic rings. The van der Waals surface area contributed by atoms with Crippen LogP contribution in [0.3, 0.4) is 0 Å². The molecule has 0 bridgehead atoms. The van der Waals surface area contributed by atoms with E-state index in [1.54, 1.807) is 24.3 Å². The zero-order chi connectivity index (χ0) is 14.9. The predicted octanol–water partition coefficient (Wildman–Crippen LogP) is 2.76. The summed E-state index contributed by atoms with van der Waals surface area (Å²) in [6, 6.07) is 8.67. The number of hydrazone groups is 1. The molecular weight excluding hydrogens is 266 g/mol. The van der Waals surface area contributed by atoms with Crippen LogP contribution < -0.4 is 10.2 Å². The van der Waals surface area contributed by atoms with E-state index >= 15 is 0 Å². The summed E-state index contributed by atoms with van der Waals surface area (Å²) in [5.41, 5.74) is 4.17. The van der Waals surface area contributed by atoms with Crippen molar-refractivity contribution in [3.8, 4) is 11.8 Å². The van der Waals surface area contributed by atoms with Crippen LogP contribution >= 0.6 is 0 Å². The normalized spacial score (nSPS) is 14.7. The van der Waals surface area contributed by atoms with Crippen molar-refractivity contribution in [3.05, 3.63) is 29.8 Å². The van der Waals surface area contributed by atoms with Crippen LogP contribution in [0.4, 0.5) is 0 Å². The summed E-state index contributed by atoms with van der Waals surface area (Å²) >= 11 is 0. The lowest BCUT2D eigenvalue weighted by atomic mass is 10.2. The third-order valence-corrected chi connectivity index (χ3v) is 3.37. The molecule has 0 spiro atoms. The second-order valence-electron chi connectivity index (χ2n) is 5.05. The van der Waals surface area contributed by atoms with E-state index in [1.807, 2.05) is 6.07 Å². The Labute approximate surface area is 124 Å². The first-order chi connectivity index (χ1) is 10.3. The third kappa shape index (κ3) is 5.27. The van der Waals surface area contributed by atoms with E-state index < -0.39 is 0 Å². The number of nitrogens with one attached hydrogen (secondary N) is 1. The summed E-state index contributed by atoms with van der Waals surface area (Å²) in [5.74, 6) is 0.294. The smallest absolute Gasteiger partial charge is 0.277 e. The van der Waals surface area contributed by atoms with Gasteiger partial charge in [-0.05, 0) is 49.9 Å². The third-order valence-electron chi connectivity index (χ3n) is 3.37. The van der Waals surface area contributed by atoms with Crippen molar-refractivity contribution >= 4 is 11.6 Å². The van der Waals surface area contributed by atoms with Crippen molar-refractivity contribution in [1.82, 2.24) is 5.43 Å². The van der Waals surface area contributed by atoms with Crippen LogP contribution in [0.25, 0.3) is 0 Å². The maximum absolute atomic E-state index is 11.7. The van der Waals surface area contributed by atoms with Gasteiger partial charge < -0.3 is 4.74 Å². The summed E-state index contributed by atoms with van der Waals surface area (Å²) < 4.78 is 5.34. The standard InChI is InChI=1S/C16H19N3O2/c17-11-13-7-9-15(10-8-13)21-12-16(20)19-18-14-5-3-1-2-4-6-14/h7-10H,1-6,12H2,(H,19,20). The topological polar surface area (TPSA) is 74.5 Å². The molecule has 5 heteroatoms. The van der Waals surface area contributed by atoms with E-state index in [4.69, 9.17) is 10.00 Å². The minimum absolute atomic E-state index is 0.0807. The highest BCUT2D eigenvalue weighted by atomic mass is 16.5. The first kappa shape index (κ1) is 15.0. The number of amides is 1. The molecule has 1 N–H and O–H groups in total. The van der Waals surface area contributed by atoms with Crippen LogP contribution in [0.1, 0.15) is 44.1 Å². The number of hydrogen-bond donors (Lipinski definition) is 1. The number of carbonyl (C=O) groups is 1. The highest BCUT2D eigenvalue weighted by Gasteiger charge is 2.07. The first-order valence-electron chi connectivity index (χ1n) is 7.25. The Bertz CT molecular complexity index is 534. The Morgan fingerprint density at radius 1 is 1.19 bits per heavy atom. The lowest BCUT2D eigenvalue weighted by Gasteiger charge is -2.06. The van der Waals surface area contributed by atoms with Gasteiger partial charge in [0.05, 0.1) is 11.6 Å². The van der Waals surface area contributed by atoms with E-state index in [1.165, 1.54) is 12.8 Å². The van der Waals surface area contributed by atoms with Gasteiger partial charge in [-0.2, -0.15) is 10.4 Å². The Balaban J connectivity index is 1.76. The Morgan fingerprint density at radius 2 is 1.86 bits per heavy atom. The van der Waals surface area contributed by atoms with E-state index in [-0.39, 0.29) is 12.5 Å². The quantitative estimate of drug-likeness (QED) is 0.682. The molecule has 110 valence electrons. The van der Waals surface area contributed by atoms with Gasteiger partial charge >= 0.3 is 0 Å². The molecule has 0 unspecified atom stereocenters. The molecule has 1 fully saturated rings. The van der Waals surface area contributed by atoms with Crippen molar-refractivity contribution in [3.63, 3.8) is 0 Å². The molecule has 0 heterocycles. The monoisotopic (exact) mass is 285 g/mol. The minimum Gasteiger partial charge on any atom is -0.484 e. The molecule has 1 amide bonds. The molecular formula is C16H19N3O2. The molecule has 0 aromatic heterocycles. The molecule has 0 atom stereocenters. The number of nitrogens with zero attached hydrogens (tertiary/aromatic N) is 2. The lowest BCUT2D eigenvalue weighted by Crippen LogP contribution is -2.25. The average Bonchev–Trinajstić information content (AvgIpc) is 2.80. The lowest BCUT2D eigenvalue weighted by molar-refractivity contribution is -0.123. The van der Waals surface area contributed by atoms with Gasteiger partial charge in [-0.1, -0.05) is 12.8 Å². The van der Waals surface area contributed by atoms with Crippen molar-refractivity contribution in [2.24, 2.45) is 5.10 Å². The SMILES string of the molecule is N#Cc1ccc(OCC(=O)NN=C2CCCCCC2)cc1. The van der Waals surface area contributed by atoms with E-state index in [2.05, 4.69) is 10.5 Å². The van der Waals surface area contributed by atoms with Gasteiger partial charge in [0.15, 0.2) is 6.61 Å². The van der Waals surface area contributed by atoms with Crippen LogP contribution in [-0.2, 0) is 4.79 Å². The molecule has 0 saturated heterocycles. The summed E-state index contributed by atoms with van der Waals surface area (Å²) in [7, 11) is 0. The molecule has 1 aromatic rings. The van der Waals surface area contributed by atoms with Crippen molar-refractivity contribution in [2.75, 3.05) is 6.61 Å². The molecule has 0 aliphatic heterocycles. The predicted molar refractivity (Wildman–Crippen MR) is 79.9 cm³/mol. The van der Waals surface area contributed by atoms with Crippen LogP contribution in [-0.4, -0.2) is 18.2 Å². The highest BCUT2D eigenvalue weighted by molar-refractivity contribution is 5.86. The number of hydrogen-bond acceptors (Lipinski definition) is 4. The summed E-state index contributed by atoms with van der Waals surface area (Å²) in [6.45, 7) is -0.0807. The summed E-state index contributed by atoms with van der Waals surface area (Å²) in [6.07, 6.45) is 6.73. The van der Waals surface area contributed by atoms with Crippen LogP contribution in [0, 0.1) is 11.3 Å². The van der Waals surface area contributed by atoms with Crippen molar-refractivity contribution < 1.29 is 9.53 Å². The number of carbonyl (C=O) groups excluding carboxylic acids is 1. The number of benzene rings is 1. The van der Waals surface area contributed by atoms with E-state index in [0.29, 0.717) is 11.3 Å². The van der Waals surface area contributed by atoms with Gasteiger partial charge in [0.25, 0.3) is 5.91 Å². The number of rotatable bonds is 4. The fraction of sp³-hybridized carbons (Fsp3) is 0.438. The maximum atomic E-state index is 11.7. The van der Waals surface area contributed by atoms with E-state index in [0.717, 1.165) is 31.4 Å². The van der Waals surface area contributed by atoms with Crippen LogP contribution in [0.15, 0.2) is 29.4 Å². The molecule has 1 aliphatic carbocycles. The molecule has 1 saturated carbocycles. The van der Waals surface area contributed by atoms with Crippen molar-refractivity contribution in [2.45, 2.75) is 38.5 Å². The summed E-state index contributed by atoms with van der Waals surface area (Å²) in [5, 5.41) is 12.9. The van der Waals surface area contributed by atoms with Crippen molar-refractivity contribution in [1.29, 1.82) is 5.26 Å². The Kier molecular flexibility index (Phi) is 5.77. The van der Waals surface area contributed by atoms with Gasteiger partial charge in [0, 0.05) is 5.71 Å². The highest BCUT2D eigenvalue weighted by Crippen LogP contribution is 2.14. The minimum atomic E-state index is -0.267. The van der Waals surface area contributed by atoms with Crippen LogP contribution in [0.5, 0.6) is 5.75 Å². The maximum Gasteiger partial charge on any atom is 0.277 e. The molecule has 1 aromatic carbocycles. The molecule has 5 nitrogen and oxygen atoms in total. The van der Waals surface area contributed by atoms with E-state index in [9.17, 15) is 4.79 Å². The Hall–Kier alpha value is -2.35. The Morgan fingerprint density at radius 3 is 2.48 bits per heavy atom. The van der Waals surface area contributed by atoms with Crippen LogP contribution in [0.2, 0.25) is 0 Å². The number of ether oxygens (including phenoxy) is 1. The summed E-state index contributed by atoms with van der Waals surface area (Å²) in [4.78, 5) is 11.7. The molecule has 0 radical (unpaired) electrons. The van der Waals surface area contributed by atoms with Gasteiger partial charge in [0.1, 0.15) is 5.75 Å². The second-order valence-corrected chi connectivity index (χ2v) is 5.05. The number of nitriles is 1. The first-order valence-corrected chi connectivity index (χ1v) is 7.25. The van der Waals surface area contributed by atoms with Gasteiger partial charge in [-0.3, -0.25) is 4.79 Å². The van der Waals surface area contributed by atoms with Gasteiger partial charge in [-0.25, -0.2) is 5.43 Å². The second kappa shape index (κ2) is 8.05. The average molecular weight is 285 g/mol.